The van der Waals surface area contributed by atoms with Crippen LogP contribution in [0.5, 0.6) is 5.75 Å². The number of nitrogens with one attached hydrogen (secondary N) is 1. The Bertz CT molecular complexity index is 753. The maximum absolute atomic E-state index is 5.52. The van der Waals surface area contributed by atoms with Crippen molar-refractivity contribution in [1.82, 2.24) is 0 Å². The van der Waals surface area contributed by atoms with Crippen molar-refractivity contribution in [3.63, 3.8) is 0 Å². The number of benzene rings is 3. The third-order valence-corrected chi connectivity index (χ3v) is 4.15. The van der Waals surface area contributed by atoms with Crippen molar-refractivity contribution in [2.75, 3.05) is 12.4 Å². The third-order valence-electron chi connectivity index (χ3n) is 4.15. The third kappa shape index (κ3) is 4.39. The van der Waals surface area contributed by atoms with Crippen molar-refractivity contribution in [2.24, 2.45) is 0 Å². The first kappa shape index (κ1) is 16.1. The van der Waals surface area contributed by atoms with Crippen LogP contribution in [0, 0.1) is 0 Å². The maximum Gasteiger partial charge on any atom is 0.122 e. The summed E-state index contributed by atoms with van der Waals surface area (Å²) in [6, 6.07) is 27.3. The van der Waals surface area contributed by atoms with Crippen molar-refractivity contribution < 1.29 is 4.74 Å². The summed E-state index contributed by atoms with van der Waals surface area (Å²) in [6.07, 6.45) is 1.98. The Morgan fingerprint density at radius 3 is 2.08 bits per heavy atom. The number of aryl methyl sites for hydroxylation is 2. The lowest BCUT2D eigenvalue weighted by Gasteiger charge is -2.13. The molecule has 0 saturated heterocycles. The molecule has 0 atom stereocenters. The van der Waals surface area contributed by atoms with Gasteiger partial charge < -0.3 is 10.1 Å². The number of hydrogen-bond acceptors (Lipinski definition) is 2. The van der Waals surface area contributed by atoms with Crippen molar-refractivity contribution in [3.05, 3.63) is 95.6 Å². The minimum absolute atomic E-state index is 0.825. The first-order valence-corrected chi connectivity index (χ1v) is 8.34. The second-order valence-corrected chi connectivity index (χ2v) is 5.85. The van der Waals surface area contributed by atoms with Crippen LogP contribution in [0.1, 0.15) is 16.7 Å². The Labute approximate surface area is 144 Å². The van der Waals surface area contributed by atoms with Crippen LogP contribution in [-0.2, 0) is 19.4 Å². The molecule has 0 aliphatic heterocycles. The van der Waals surface area contributed by atoms with E-state index in [1.165, 1.54) is 16.7 Å². The molecule has 0 aliphatic carbocycles. The van der Waals surface area contributed by atoms with E-state index < -0.39 is 0 Å². The molecule has 0 fully saturated rings. The van der Waals surface area contributed by atoms with E-state index in [2.05, 4.69) is 72.0 Å². The predicted molar refractivity (Wildman–Crippen MR) is 101 cm³/mol. The number of rotatable bonds is 7. The van der Waals surface area contributed by atoms with Gasteiger partial charge in [-0.2, -0.15) is 0 Å². The second kappa shape index (κ2) is 8.21. The molecule has 2 heteroatoms. The Morgan fingerprint density at radius 1 is 0.750 bits per heavy atom. The van der Waals surface area contributed by atoms with Crippen molar-refractivity contribution in [2.45, 2.75) is 19.4 Å². The fraction of sp³-hybridized carbons (Fsp3) is 0.182. The van der Waals surface area contributed by atoms with Crippen LogP contribution in [-0.4, -0.2) is 7.11 Å². The number of anilines is 1. The van der Waals surface area contributed by atoms with E-state index in [4.69, 9.17) is 4.74 Å². The molecule has 0 aromatic heterocycles. The molecule has 0 saturated carbocycles. The van der Waals surface area contributed by atoms with Crippen LogP contribution >= 0.6 is 0 Å². The summed E-state index contributed by atoms with van der Waals surface area (Å²) >= 11 is 0. The predicted octanol–water partition coefficient (Wildman–Crippen LogP) is 5.09. The molecule has 0 radical (unpaired) electrons. The van der Waals surface area contributed by atoms with Crippen molar-refractivity contribution in [3.8, 4) is 5.75 Å². The average molecular weight is 317 g/mol. The SMILES string of the molecule is COc1ccc(NCc2ccccc2)cc1CCc1ccccc1. The quantitative estimate of drug-likeness (QED) is 0.655. The molecule has 3 aromatic carbocycles. The molecule has 1 N–H and O–H groups in total. The normalized spacial score (nSPS) is 10.4. The Morgan fingerprint density at radius 2 is 1.42 bits per heavy atom. The number of ether oxygens (including phenoxy) is 1. The Balaban J connectivity index is 1.68. The lowest BCUT2D eigenvalue weighted by molar-refractivity contribution is 0.409. The zero-order valence-electron chi connectivity index (χ0n) is 14.0. The molecule has 0 unspecified atom stereocenters. The van der Waals surface area contributed by atoms with Gasteiger partial charge in [-0.15, -0.1) is 0 Å². The topological polar surface area (TPSA) is 21.3 Å². The van der Waals surface area contributed by atoms with E-state index >= 15 is 0 Å². The van der Waals surface area contributed by atoms with Crippen molar-refractivity contribution in [1.29, 1.82) is 0 Å². The zero-order chi connectivity index (χ0) is 16.6. The number of methoxy groups -OCH3 is 1. The molecule has 122 valence electrons. The van der Waals surface area contributed by atoms with E-state index in [-0.39, 0.29) is 0 Å². The highest BCUT2D eigenvalue weighted by Gasteiger charge is 2.05. The fourth-order valence-electron chi connectivity index (χ4n) is 2.81. The van der Waals surface area contributed by atoms with Crippen LogP contribution in [0.3, 0.4) is 0 Å². The monoisotopic (exact) mass is 317 g/mol. The van der Waals surface area contributed by atoms with Crippen LogP contribution in [0.15, 0.2) is 78.9 Å². The first-order chi connectivity index (χ1) is 11.8. The molecule has 3 aromatic rings. The van der Waals surface area contributed by atoms with Crippen LogP contribution in [0.25, 0.3) is 0 Å². The molecule has 0 aliphatic rings. The zero-order valence-corrected chi connectivity index (χ0v) is 14.0. The van der Waals surface area contributed by atoms with Gasteiger partial charge in [0.15, 0.2) is 0 Å². The molecule has 3 rings (SSSR count). The van der Waals surface area contributed by atoms with Gasteiger partial charge in [-0.25, -0.2) is 0 Å². The molecule has 0 spiro atoms. The Hall–Kier alpha value is -2.74. The van der Waals surface area contributed by atoms with Gasteiger partial charge in [0.2, 0.25) is 0 Å². The fourth-order valence-corrected chi connectivity index (χ4v) is 2.81. The van der Waals surface area contributed by atoms with Gasteiger partial charge in [0.25, 0.3) is 0 Å². The molecule has 2 nitrogen and oxygen atoms in total. The van der Waals surface area contributed by atoms with Crippen LogP contribution in [0.2, 0.25) is 0 Å². The lowest BCUT2D eigenvalue weighted by Crippen LogP contribution is -2.01. The summed E-state index contributed by atoms with van der Waals surface area (Å²) in [5, 5.41) is 3.50. The molecule has 0 bridgehead atoms. The second-order valence-electron chi connectivity index (χ2n) is 5.85. The molecular formula is C22H23NO. The summed E-state index contributed by atoms with van der Waals surface area (Å²) < 4.78 is 5.52. The van der Waals surface area contributed by atoms with E-state index in [0.29, 0.717) is 0 Å². The van der Waals surface area contributed by atoms with E-state index in [9.17, 15) is 0 Å². The van der Waals surface area contributed by atoms with Crippen LogP contribution < -0.4 is 10.1 Å². The number of hydrogen-bond donors (Lipinski definition) is 1. The molecule has 0 amide bonds. The summed E-state index contributed by atoms with van der Waals surface area (Å²) in [5.74, 6) is 0.955. The Kier molecular flexibility index (Phi) is 5.52. The van der Waals surface area contributed by atoms with E-state index in [0.717, 1.165) is 30.8 Å². The smallest absolute Gasteiger partial charge is 0.122 e. The van der Waals surface area contributed by atoms with Gasteiger partial charge in [-0.1, -0.05) is 60.7 Å². The van der Waals surface area contributed by atoms with Gasteiger partial charge >= 0.3 is 0 Å². The average Bonchev–Trinajstić information content (AvgIpc) is 2.66. The van der Waals surface area contributed by atoms with E-state index in [1.807, 2.05) is 12.1 Å². The first-order valence-electron chi connectivity index (χ1n) is 8.34. The maximum atomic E-state index is 5.52. The molecular weight excluding hydrogens is 294 g/mol. The summed E-state index contributed by atoms with van der Waals surface area (Å²) in [5.41, 5.74) is 4.99. The van der Waals surface area contributed by atoms with Crippen molar-refractivity contribution >= 4 is 5.69 Å². The summed E-state index contributed by atoms with van der Waals surface area (Å²) in [6.45, 7) is 0.825. The standard InChI is InChI=1S/C22H23NO/c1-24-22-15-14-21(23-17-19-10-6-3-7-11-19)16-20(22)13-12-18-8-4-2-5-9-18/h2-11,14-16,23H,12-13,17H2,1H3. The summed E-state index contributed by atoms with van der Waals surface area (Å²) in [4.78, 5) is 0. The van der Waals surface area contributed by atoms with E-state index in [1.54, 1.807) is 7.11 Å². The van der Waals surface area contributed by atoms with Gasteiger partial charge in [0, 0.05) is 12.2 Å². The highest BCUT2D eigenvalue weighted by atomic mass is 16.5. The molecule has 24 heavy (non-hydrogen) atoms. The van der Waals surface area contributed by atoms with Gasteiger partial charge in [-0.05, 0) is 47.7 Å². The van der Waals surface area contributed by atoms with Gasteiger partial charge in [-0.3, -0.25) is 0 Å². The minimum Gasteiger partial charge on any atom is -0.496 e. The van der Waals surface area contributed by atoms with Gasteiger partial charge in [0.1, 0.15) is 5.75 Å². The lowest BCUT2D eigenvalue weighted by atomic mass is 10.0. The highest BCUT2D eigenvalue weighted by molar-refractivity contribution is 5.51. The minimum atomic E-state index is 0.825. The molecule has 0 heterocycles. The highest BCUT2D eigenvalue weighted by Crippen LogP contribution is 2.24. The largest absolute Gasteiger partial charge is 0.496 e. The summed E-state index contributed by atoms with van der Waals surface area (Å²) in [7, 11) is 1.73. The van der Waals surface area contributed by atoms with Crippen LogP contribution in [0.4, 0.5) is 5.69 Å². The van der Waals surface area contributed by atoms with Gasteiger partial charge in [0.05, 0.1) is 7.11 Å².